The zero-order chi connectivity index (χ0) is 18.6. The number of benzene rings is 2. The number of aliphatic carboxylic acids is 1. The topological polar surface area (TPSA) is 156 Å². The van der Waals surface area contributed by atoms with E-state index in [1.54, 1.807) is 36.4 Å². The highest BCUT2D eigenvalue weighted by Gasteiger charge is 2.45. The Kier molecular flexibility index (Phi) is 5.19. The zero-order valence-electron chi connectivity index (χ0n) is 13.5. The van der Waals surface area contributed by atoms with E-state index in [0.29, 0.717) is 11.1 Å². The summed E-state index contributed by atoms with van der Waals surface area (Å²) in [7, 11) is 0. The van der Waals surface area contributed by atoms with Crippen LogP contribution in [0.25, 0.3) is 0 Å². The van der Waals surface area contributed by atoms with Crippen molar-refractivity contribution < 1.29 is 14.7 Å². The highest BCUT2D eigenvalue weighted by atomic mass is 16.4. The third kappa shape index (κ3) is 3.51. The van der Waals surface area contributed by atoms with Crippen molar-refractivity contribution in [3.8, 4) is 0 Å². The first-order valence-electron chi connectivity index (χ1n) is 7.58. The van der Waals surface area contributed by atoms with Gasteiger partial charge in [0.1, 0.15) is 11.3 Å². The quantitative estimate of drug-likeness (QED) is 0.166. The molecule has 7 nitrogen and oxygen atoms in total. The van der Waals surface area contributed by atoms with Gasteiger partial charge in [0.05, 0.1) is 0 Å². The molecule has 0 bridgehead atoms. The van der Waals surface area contributed by atoms with Crippen LogP contribution in [0.2, 0.25) is 0 Å². The molecule has 0 radical (unpaired) electrons. The van der Waals surface area contributed by atoms with Crippen LogP contribution in [0.4, 0.5) is 5.69 Å². The van der Waals surface area contributed by atoms with Crippen LogP contribution in [0.15, 0.2) is 48.5 Å². The number of rotatable bonds is 7. The van der Waals surface area contributed by atoms with E-state index in [2.05, 4.69) is 0 Å². The Labute approximate surface area is 145 Å². The van der Waals surface area contributed by atoms with Crippen LogP contribution in [-0.2, 0) is 11.2 Å². The molecule has 0 aliphatic heterocycles. The average molecular weight is 340 g/mol. The number of carboxylic acid groups (broad SMARTS) is 1. The third-order valence-electron chi connectivity index (χ3n) is 4.17. The van der Waals surface area contributed by atoms with Gasteiger partial charge in [0.2, 0.25) is 0 Å². The third-order valence-corrected chi connectivity index (χ3v) is 4.17. The Balaban J connectivity index is 2.44. The van der Waals surface area contributed by atoms with Crippen LogP contribution < -0.4 is 17.2 Å². The second-order valence-corrected chi connectivity index (χ2v) is 5.80. The van der Waals surface area contributed by atoms with Crippen molar-refractivity contribution in [2.24, 2.45) is 16.9 Å². The minimum absolute atomic E-state index is 0.0931. The maximum Gasteiger partial charge on any atom is 0.319 e. The van der Waals surface area contributed by atoms with Crippen LogP contribution in [0, 0.1) is 10.8 Å². The number of anilines is 1. The van der Waals surface area contributed by atoms with Gasteiger partial charge in [-0.3, -0.25) is 15.0 Å². The van der Waals surface area contributed by atoms with Gasteiger partial charge in [0, 0.05) is 23.4 Å². The van der Waals surface area contributed by atoms with Crippen molar-refractivity contribution in [1.82, 2.24) is 0 Å². The number of nitrogens with two attached hydrogens (primary N) is 3. The molecule has 2 aromatic carbocycles. The molecule has 0 fully saturated rings. The van der Waals surface area contributed by atoms with E-state index in [4.69, 9.17) is 22.6 Å². The predicted molar refractivity (Wildman–Crippen MR) is 95.5 cm³/mol. The molecular formula is C18H20N4O3. The molecule has 7 heteroatoms. The van der Waals surface area contributed by atoms with Crippen molar-refractivity contribution in [2.45, 2.75) is 6.42 Å². The van der Waals surface area contributed by atoms with Gasteiger partial charge >= 0.3 is 5.97 Å². The van der Waals surface area contributed by atoms with Crippen molar-refractivity contribution in [3.05, 3.63) is 65.2 Å². The SMILES string of the molecule is N=C(N)c1ccc(CC(CN)(C(=O)O)C(=O)c2ccccc2N)cc1. The molecule has 0 aliphatic carbocycles. The Bertz CT molecular complexity index is 817. The van der Waals surface area contributed by atoms with Crippen LogP contribution in [0.5, 0.6) is 0 Å². The van der Waals surface area contributed by atoms with Gasteiger partial charge in [-0.2, -0.15) is 0 Å². The van der Waals surface area contributed by atoms with E-state index in [1.165, 1.54) is 12.1 Å². The maximum atomic E-state index is 12.9. The first-order chi connectivity index (χ1) is 11.8. The monoisotopic (exact) mass is 340 g/mol. The average Bonchev–Trinajstić information content (AvgIpc) is 2.59. The van der Waals surface area contributed by atoms with E-state index in [9.17, 15) is 14.7 Å². The summed E-state index contributed by atoms with van der Waals surface area (Å²) < 4.78 is 0. The smallest absolute Gasteiger partial charge is 0.319 e. The Morgan fingerprint density at radius 1 is 1.08 bits per heavy atom. The number of carbonyl (C=O) groups is 2. The molecule has 2 aromatic rings. The summed E-state index contributed by atoms with van der Waals surface area (Å²) in [5, 5.41) is 17.1. The molecule has 25 heavy (non-hydrogen) atoms. The lowest BCUT2D eigenvalue weighted by Crippen LogP contribution is -2.47. The molecule has 130 valence electrons. The number of ketones is 1. The van der Waals surface area contributed by atoms with Crippen LogP contribution >= 0.6 is 0 Å². The highest BCUT2D eigenvalue weighted by Crippen LogP contribution is 2.30. The molecule has 0 spiro atoms. The highest BCUT2D eigenvalue weighted by molar-refractivity contribution is 6.14. The molecule has 8 N–H and O–H groups in total. The fraction of sp³-hybridized carbons (Fsp3) is 0.167. The minimum atomic E-state index is -1.83. The van der Waals surface area contributed by atoms with Gasteiger partial charge < -0.3 is 22.3 Å². The van der Waals surface area contributed by atoms with Gasteiger partial charge in [-0.1, -0.05) is 36.4 Å². The normalized spacial score (nSPS) is 13.0. The molecule has 0 aliphatic rings. The van der Waals surface area contributed by atoms with Crippen molar-refractivity contribution in [2.75, 3.05) is 12.3 Å². The van der Waals surface area contributed by atoms with Gasteiger partial charge in [-0.25, -0.2) is 0 Å². The van der Waals surface area contributed by atoms with Gasteiger partial charge in [0.25, 0.3) is 0 Å². The number of hydrogen-bond donors (Lipinski definition) is 5. The van der Waals surface area contributed by atoms with Crippen LogP contribution in [-0.4, -0.2) is 29.2 Å². The Hall–Kier alpha value is -3.19. The lowest BCUT2D eigenvalue weighted by atomic mass is 9.75. The first kappa shape index (κ1) is 18.2. The summed E-state index contributed by atoms with van der Waals surface area (Å²) in [6.45, 7) is -0.371. The minimum Gasteiger partial charge on any atom is -0.480 e. The summed E-state index contributed by atoms with van der Waals surface area (Å²) >= 11 is 0. The summed E-state index contributed by atoms with van der Waals surface area (Å²) in [6.07, 6.45) is -0.0931. The largest absolute Gasteiger partial charge is 0.480 e. The number of carboxylic acids is 1. The van der Waals surface area contributed by atoms with E-state index in [-0.39, 0.29) is 30.1 Å². The van der Waals surface area contributed by atoms with E-state index >= 15 is 0 Å². The van der Waals surface area contributed by atoms with E-state index < -0.39 is 17.2 Å². The van der Waals surface area contributed by atoms with Crippen LogP contribution in [0.3, 0.4) is 0 Å². The molecule has 0 amide bonds. The van der Waals surface area contributed by atoms with Crippen molar-refractivity contribution in [1.29, 1.82) is 5.41 Å². The number of nitrogen functional groups attached to an aromatic ring is 2. The summed E-state index contributed by atoms with van der Waals surface area (Å²) in [6, 6.07) is 12.8. The number of Topliss-reactive ketones (excluding diaryl/α,β-unsaturated/α-hetero) is 1. The number of carbonyl (C=O) groups excluding carboxylic acids is 1. The zero-order valence-corrected chi connectivity index (χ0v) is 13.5. The fourth-order valence-electron chi connectivity index (χ4n) is 2.62. The fourth-order valence-corrected chi connectivity index (χ4v) is 2.62. The van der Waals surface area contributed by atoms with E-state index in [0.717, 1.165) is 0 Å². The lowest BCUT2D eigenvalue weighted by Gasteiger charge is -2.27. The Morgan fingerprint density at radius 3 is 2.16 bits per heavy atom. The second-order valence-electron chi connectivity index (χ2n) is 5.80. The number of hydrogen-bond acceptors (Lipinski definition) is 5. The molecule has 1 unspecified atom stereocenters. The molecule has 0 aromatic heterocycles. The van der Waals surface area contributed by atoms with Crippen LogP contribution in [0.1, 0.15) is 21.5 Å². The van der Waals surface area contributed by atoms with Gasteiger partial charge in [-0.15, -0.1) is 0 Å². The lowest BCUT2D eigenvalue weighted by molar-refractivity contribution is -0.145. The maximum absolute atomic E-state index is 12.9. The standard InChI is InChI=1S/C18H20N4O3/c19-10-18(17(24)25,15(23)13-3-1-2-4-14(13)20)9-11-5-7-12(8-6-11)16(21)22/h1-8H,9-10,19-20H2,(H3,21,22)(H,24,25). The number of amidine groups is 1. The Morgan fingerprint density at radius 2 is 1.68 bits per heavy atom. The number of para-hydroxylation sites is 1. The van der Waals surface area contributed by atoms with Crippen molar-refractivity contribution in [3.63, 3.8) is 0 Å². The number of nitrogens with one attached hydrogen (secondary N) is 1. The first-order valence-corrected chi connectivity index (χ1v) is 7.58. The molecular weight excluding hydrogens is 320 g/mol. The molecule has 0 heterocycles. The van der Waals surface area contributed by atoms with E-state index in [1.807, 2.05) is 0 Å². The molecule has 0 saturated carbocycles. The molecule has 1 atom stereocenters. The summed E-state index contributed by atoms with van der Waals surface area (Å²) in [5.74, 6) is -2.03. The summed E-state index contributed by atoms with van der Waals surface area (Å²) in [5.41, 5.74) is 16.6. The van der Waals surface area contributed by atoms with Gasteiger partial charge in [-0.05, 0) is 24.1 Å². The summed E-state index contributed by atoms with van der Waals surface area (Å²) in [4.78, 5) is 24.9. The second kappa shape index (κ2) is 7.14. The predicted octanol–water partition coefficient (Wildman–Crippen LogP) is 1.01. The van der Waals surface area contributed by atoms with Gasteiger partial charge in [0.15, 0.2) is 5.78 Å². The van der Waals surface area contributed by atoms with Crippen molar-refractivity contribution >= 4 is 23.3 Å². The molecule has 2 rings (SSSR count). The molecule has 0 saturated heterocycles.